The zero-order valence-corrected chi connectivity index (χ0v) is 14.9. The normalized spacial score (nSPS) is 26.2. The number of carbonyl (C=O) groups is 2. The predicted molar refractivity (Wildman–Crippen MR) is 89.2 cm³/mol. The summed E-state index contributed by atoms with van der Waals surface area (Å²) in [6.07, 6.45) is 3.99. The summed E-state index contributed by atoms with van der Waals surface area (Å²) in [4.78, 5) is 27.8. The van der Waals surface area contributed by atoms with Crippen molar-refractivity contribution in [1.82, 2.24) is 15.1 Å². The number of hydrogen-bond acceptors (Lipinski definition) is 4. The van der Waals surface area contributed by atoms with Crippen LogP contribution in [0.15, 0.2) is 0 Å². The molecule has 0 bridgehead atoms. The molecule has 0 saturated carbocycles. The second-order valence-corrected chi connectivity index (χ2v) is 7.77. The average molecular weight is 325 g/mol. The number of amides is 2. The Morgan fingerprint density at radius 3 is 2.52 bits per heavy atom. The summed E-state index contributed by atoms with van der Waals surface area (Å²) >= 11 is 0. The van der Waals surface area contributed by atoms with E-state index in [4.69, 9.17) is 4.74 Å². The summed E-state index contributed by atoms with van der Waals surface area (Å²) in [6.45, 7) is 10.8. The maximum atomic E-state index is 12.4. The van der Waals surface area contributed by atoms with Crippen LogP contribution in [0.2, 0.25) is 0 Å². The summed E-state index contributed by atoms with van der Waals surface area (Å²) in [5.74, 6) is 0.0353. The van der Waals surface area contributed by atoms with Gasteiger partial charge < -0.3 is 15.0 Å². The number of carbonyl (C=O) groups excluding carboxylic acids is 2. The van der Waals surface area contributed by atoms with E-state index in [-0.39, 0.29) is 24.1 Å². The summed E-state index contributed by atoms with van der Waals surface area (Å²) in [6, 6.07) is 0.457. The fourth-order valence-electron chi connectivity index (χ4n) is 3.51. The molecule has 132 valence electrons. The highest BCUT2D eigenvalue weighted by Crippen LogP contribution is 2.23. The third-order valence-corrected chi connectivity index (χ3v) is 4.39. The molecule has 2 amide bonds. The van der Waals surface area contributed by atoms with E-state index >= 15 is 0 Å². The molecule has 6 heteroatoms. The fourth-order valence-corrected chi connectivity index (χ4v) is 3.51. The van der Waals surface area contributed by atoms with E-state index in [1.807, 2.05) is 25.7 Å². The molecule has 2 rings (SSSR count). The van der Waals surface area contributed by atoms with Gasteiger partial charge in [-0.05, 0) is 53.0 Å². The van der Waals surface area contributed by atoms with Gasteiger partial charge in [0.05, 0.1) is 0 Å². The molecule has 2 fully saturated rings. The van der Waals surface area contributed by atoms with Crippen molar-refractivity contribution >= 4 is 12.0 Å². The van der Waals surface area contributed by atoms with E-state index in [1.54, 1.807) is 6.92 Å². The van der Waals surface area contributed by atoms with Gasteiger partial charge in [0, 0.05) is 38.6 Å². The number of likely N-dealkylation sites (tertiary alicyclic amines) is 2. The first kappa shape index (κ1) is 18.0. The maximum absolute atomic E-state index is 12.4. The molecule has 0 unspecified atom stereocenters. The fraction of sp³-hybridized carbons (Fsp3) is 0.882. The van der Waals surface area contributed by atoms with Crippen molar-refractivity contribution in [3.63, 3.8) is 0 Å². The van der Waals surface area contributed by atoms with Gasteiger partial charge in [0.2, 0.25) is 5.91 Å². The Hall–Kier alpha value is -1.30. The number of ether oxygens (including phenoxy) is 1. The third-order valence-electron chi connectivity index (χ3n) is 4.39. The molecule has 0 radical (unpaired) electrons. The molecular formula is C17H31N3O3. The highest BCUT2D eigenvalue weighted by Gasteiger charge is 2.34. The predicted octanol–water partition coefficient (Wildman–Crippen LogP) is 1.99. The van der Waals surface area contributed by atoms with Crippen LogP contribution in [0.1, 0.15) is 53.4 Å². The monoisotopic (exact) mass is 325 g/mol. The lowest BCUT2D eigenvalue weighted by Crippen LogP contribution is -2.51. The van der Waals surface area contributed by atoms with Crippen LogP contribution in [0.5, 0.6) is 0 Å². The minimum absolute atomic E-state index is 0.0353. The minimum atomic E-state index is -0.453. The van der Waals surface area contributed by atoms with Gasteiger partial charge in [-0.2, -0.15) is 0 Å². The first-order valence-electron chi connectivity index (χ1n) is 8.73. The molecule has 0 aromatic rings. The van der Waals surface area contributed by atoms with Gasteiger partial charge >= 0.3 is 6.09 Å². The van der Waals surface area contributed by atoms with Crippen molar-refractivity contribution in [3.8, 4) is 0 Å². The molecule has 2 aliphatic rings. The number of rotatable bonds is 3. The van der Waals surface area contributed by atoms with Crippen LogP contribution in [-0.2, 0) is 9.53 Å². The highest BCUT2D eigenvalue weighted by atomic mass is 16.6. The molecule has 0 aromatic heterocycles. The number of hydrogen-bond donors (Lipinski definition) is 1. The van der Waals surface area contributed by atoms with Crippen LogP contribution in [0.4, 0.5) is 4.79 Å². The zero-order chi connectivity index (χ0) is 17.0. The third kappa shape index (κ3) is 5.68. The quantitative estimate of drug-likeness (QED) is 0.862. The van der Waals surface area contributed by atoms with Crippen molar-refractivity contribution in [2.24, 2.45) is 0 Å². The van der Waals surface area contributed by atoms with E-state index in [9.17, 15) is 9.59 Å². The van der Waals surface area contributed by atoms with Crippen molar-refractivity contribution in [2.45, 2.75) is 71.1 Å². The molecule has 2 saturated heterocycles. The summed E-state index contributed by atoms with van der Waals surface area (Å²) in [5, 5.41) is 3.02. The van der Waals surface area contributed by atoms with Gasteiger partial charge in [-0.25, -0.2) is 4.79 Å². The summed E-state index contributed by atoms with van der Waals surface area (Å²) < 4.78 is 5.53. The zero-order valence-electron chi connectivity index (χ0n) is 14.9. The lowest BCUT2D eigenvalue weighted by atomic mass is 10.0. The smallest absolute Gasteiger partial charge is 0.410 e. The lowest BCUT2D eigenvalue weighted by Gasteiger charge is -2.36. The molecule has 2 atom stereocenters. The molecule has 2 heterocycles. The Bertz CT molecular complexity index is 433. The Labute approximate surface area is 139 Å². The van der Waals surface area contributed by atoms with E-state index in [2.05, 4.69) is 10.2 Å². The van der Waals surface area contributed by atoms with E-state index in [0.29, 0.717) is 0 Å². The van der Waals surface area contributed by atoms with Gasteiger partial charge in [0.1, 0.15) is 5.60 Å². The van der Waals surface area contributed by atoms with Crippen LogP contribution in [0.25, 0.3) is 0 Å². The Kier molecular flexibility index (Phi) is 5.89. The molecule has 0 spiro atoms. The highest BCUT2D eigenvalue weighted by molar-refractivity contribution is 5.73. The Morgan fingerprint density at radius 1 is 1.17 bits per heavy atom. The second kappa shape index (κ2) is 7.51. The van der Waals surface area contributed by atoms with Gasteiger partial charge in [-0.15, -0.1) is 0 Å². The van der Waals surface area contributed by atoms with Crippen LogP contribution in [0.3, 0.4) is 0 Å². The van der Waals surface area contributed by atoms with Crippen molar-refractivity contribution in [2.75, 3.05) is 26.2 Å². The Morgan fingerprint density at radius 2 is 1.87 bits per heavy atom. The summed E-state index contributed by atoms with van der Waals surface area (Å²) in [5.41, 5.74) is -0.453. The van der Waals surface area contributed by atoms with Gasteiger partial charge in [0.25, 0.3) is 0 Å². The topological polar surface area (TPSA) is 61.9 Å². The SMILES string of the molecule is CC(=O)N[C@H]1CCCN(C[C@@H]2CCCN2C(=O)OC(C)(C)C)C1. The largest absolute Gasteiger partial charge is 0.444 e. The molecule has 0 aromatic carbocycles. The second-order valence-electron chi connectivity index (χ2n) is 7.77. The molecule has 6 nitrogen and oxygen atoms in total. The minimum Gasteiger partial charge on any atom is -0.444 e. The van der Waals surface area contributed by atoms with Crippen molar-refractivity contribution < 1.29 is 14.3 Å². The molecular weight excluding hydrogens is 294 g/mol. The van der Waals surface area contributed by atoms with Crippen LogP contribution < -0.4 is 5.32 Å². The standard InChI is InChI=1S/C17H31N3O3/c1-13(21)18-14-7-5-9-19(11-14)12-15-8-6-10-20(15)16(22)23-17(2,3)4/h14-15H,5-12H2,1-4H3,(H,18,21)/t14-,15-/m0/s1. The van der Waals surface area contributed by atoms with Gasteiger partial charge in [0.15, 0.2) is 0 Å². The van der Waals surface area contributed by atoms with E-state index in [0.717, 1.165) is 51.9 Å². The van der Waals surface area contributed by atoms with Gasteiger partial charge in [-0.1, -0.05) is 0 Å². The van der Waals surface area contributed by atoms with Crippen LogP contribution in [0, 0.1) is 0 Å². The summed E-state index contributed by atoms with van der Waals surface area (Å²) in [7, 11) is 0. The average Bonchev–Trinajstić information content (AvgIpc) is 2.84. The lowest BCUT2D eigenvalue weighted by molar-refractivity contribution is -0.120. The number of piperidine rings is 1. The maximum Gasteiger partial charge on any atom is 0.410 e. The first-order valence-corrected chi connectivity index (χ1v) is 8.73. The number of nitrogens with one attached hydrogen (secondary N) is 1. The molecule has 23 heavy (non-hydrogen) atoms. The van der Waals surface area contributed by atoms with Gasteiger partial charge in [-0.3, -0.25) is 9.69 Å². The Balaban J connectivity index is 1.88. The van der Waals surface area contributed by atoms with Crippen LogP contribution >= 0.6 is 0 Å². The van der Waals surface area contributed by atoms with Crippen molar-refractivity contribution in [3.05, 3.63) is 0 Å². The molecule has 2 aliphatic heterocycles. The number of nitrogens with zero attached hydrogens (tertiary/aromatic N) is 2. The van der Waals surface area contributed by atoms with Crippen molar-refractivity contribution in [1.29, 1.82) is 0 Å². The van der Waals surface area contributed by atoms with E-state index in [1.165, 1.54) is 0 Å². The van der Waals surface area contributed by atoms with Crippen LogP contribution in [-0.4, -0.2) is 65.7 Å². The van der Waals surface area contributed by atoms with E-state index < -0.39 is 5.60 Å². The first-order chi connectivity index (χ1) is 10.7. The molecule has 1 N–H and O–H groups in total. The molecule has 0 aliphatic carbocycles.